The Balaban J connectivity index is 2.47. The van der Waals surface area contributed by atoms with Crippen molar-refractivity contribution in [1.29, 1.82) is 0 Å². The van der Waals surface area contributed by atoms with Gasteiger partial charge in [-0.15, -0.1) is 0 Å². The first-order valence-electron chi connectivity index (χ1n) is 14.8. The minimum Gasteiger partial charge on any atom is -0.459 e. The maximum atomic E-state index is 16.4. The van der Waals surface area contributed by atoms with Gasteiger partial charge in [0.25, 0.3) is 0 Å². The van der Waals surface area contributed by atoms with Gasteiger partial charge in [-0.3, -0.25) is 9.69 Å². The first-order chi connectivity index (χ1) is 20.2. The number of halogens is 3. The van der Waals surface area contributed by atoms with Gasteiger partial charge in [-0.1, -0.05) is 62.2 Å². The quantitative estimate of drug-likeness (QED) is 0.233. The third-order valence-electron chi connectivity index (χ3n) is 7.53. The molecule has 1 heterocycles. The van der Waals surface area contributed by atoms with E-state index in [1.54, 1.807) is 76.8 Å². The zero-order valence-electron chi connectivity index (χ0n) is 27.1. The number of amides is 1. The number of rotatable bonds is 8. The van der Waals surface area contributed by atoms with Gasteiger partial charge in [-0.25, -0.2) is 9.18 Å². The second kappa shape index (κ2) is 13.4. The van der Waals surface area contributed by atoms with E-state index < -0.39 is 52.5 Å². The van der Waals surface area contributed by atoms with Gasteiger partial charge >= 0.3 is 12.1 Å². The number of ether oxygens (including phenoxy) is 2. The number of alkyl carbamates (subject to hydrolysis) is 1. The number of carbonyl (C=O) groups excluding carboxylic acids is 3. The molecule has 0 saturated carbocycles. The average molecular weight is 652 g/mol. The van der Waals surface area contributed by atoms with Crippen LogP contribution in [0.2, 0.25) is 10.0 Å². The minimum atomic E-state index is -1.33. The van der Waals surface area contributed by atoms with E-state index >= 15 is 4.39 Å². The highest BCUT2D eigenvalue weighted by Crippen LogP contribution is 2.56. The number of carbonyl (C=O) groups is 3. The topological polar surface area (TPSA) is 84.9 Å². The van der Waals surface area contributed by atoms with Gasteiger partial charge in [0, 0.05) is 34.0 Å². The Bertz CT molecular complexity index is 1360. The van der Waals surface area contributed by atoms with Gasteiger partial charge < -0.3 is 19.6 Å². The van der Waals surface area contributed by atoms with Crippen LogP contribution < -0.4 is 5.32 Å². The zero-order chi connectivity index (χ0) is 33.3. The van der Waals surface area contributed by atoms with Crippen molar-refractivity contribution in [2.75, 3.05) is 13.1 Å². The van der Waals surface area contributed by atoms with Gasteiger partial charge in [0.15, 0.2) is 0 Å². The van der Waals surface area contributed by atoms with Crippen LogP contribution in [-0.2, 0) is 24.5 Å². The molecule has 2 aromatic carbocycles. The Labute approximate surface area is 270 Å². The van der Waals surface area contributed by atoms with Crippen molar-refractivity contribution < 1.29 is 28.2 Å². The lowest BCUT2D eigenvalue weighted by molar-refractivity contribution is -0.161. The number of likely N-dealkylation sites (tertiary alicyclic amines) is 1. The van der Waals surface area contributed by atoms with Crippen molar-refractivity contribution in [3.05, 3.63) is 69.5 Å². The fourth-order valence-electron chi connectivity index (χ4n) is 6.26. The maximum absolute atomic E-state index is 16.4. The number of hydrogen-bond donors (Lipinski definition) is 1. The third kappa shape index (κ3) is 8.52. The lowest BCUT2D eigenvalue weighted by Crippen LogP contribution is -2.54. The Kier molecular flexibility index (Phi) is 10.9. The third-order valence-corrected chi connectivity index (χ3v) is 8.00. The van der Waals surface area contributed by atoms with Crippen LogP contribution in [0, 0.1) is 11.2 Å². The molecule has 1 saturated heterocycles. The van der Waals surface area contributed by atoms with Crippen LogP contribution in [0.5, 0.6) is 0 Å². The molecule has 44 heavy (non-hydrogen) atoms. The molecule has 3 rings (SSSR count). The summed E-state index contributed by atoms with van der Waals surface area (Å²) in [6.45, 7) is 16.4. The highest BCUT2D eigenvalue weighted by atomic mass is 35.5. The summed E-state index contributed by atoms with van der Waals surface area (Å²) in [6, 6.07) is 9.75. The van der Waals surface area contributed by atoms with Gasteiger partial charge in [0.05, 0.1) is 6.54 Å². The molecule has 7 nitrogen and oxygen atoms in total. The Morgan fingerprint density at radius 2 is 1.57 bits per heavy atom. The summed E-state index contributed by atoms with van der Waals surface area (Å²) in [5.74, 6) is -2.00. The second-order valence-corrected chi connectivity index (χ2v) is 15.5. The molecule has 4 atom stereocenters. The van der Waals surface area contributed by atoms with Gasteiger partial charge in [-0.05, 0) is 88.8 Å². The van der Waals surface area contributed by atoms with Crippen molar-refractivity contribution in [1.82, 2.24) is 10.2 Å². The number of esters is 1. The van der Waals surface area contributed by atoms with Crippen molar-refractivity contribution in [2.24, 2.45) is 5.41 Å². The Hall–Kier alpha value is -2.68. The van der Waals surface area contributed by atoms with Gasteiger partial charge in [0.1, 0.15) is 29.3 Å². The van der Waals surface area contributed by atoms with E-state index in [0.717, 1.165) is 6.29 Å². The SMILES string of the molecule is CC(C)(C)C[C@@H]1N(CC=O)[C@@H](C(=O)OC(C)(C)C)[C@H](c2cccc(Cl)c2)[C@@]1(CNC(=O)OC(C)(C)C)c1ccc(Cl)cc1F. The van der Waals surface area contributed by atoms with Gasteiger partial charge in [0.2, 0.25) is 0 Å². The summed E-state index contributed by atoms with van der Waals surface area (Å²) in [5, 5.41) is 3.51. The summed E-state index contributed by atoms with van der Waals surface area (Å²) >= 11 is 12.8. The second-order valence-electron chi connectivity index (χ2n) is 14.7. The molecule has 1 N–H and O–H groups in total. The molecule has 0 aliphatic carbocycles. The van der Waals surface area contributed by atoms with Crippen LogP contribution in [0.1, 0.15) is 85.8 Å². The molecule has 0 bridgehead atoms. The Morgan fingerprint density at radius 3 is 2.09 bits per heavy atom. The maximum Gasteiger partial charge on any atom is 0.407 e. The zero-order valence-corrected chi connectivity index (χ0v) is 28.6. The molecule has 0 unspecified atom stereocenters. The Morgan fingerprint density at radius 1 is 0.955 bits per heavy atom. The largest absolute Gasteiger partial charge is 0.459 e. The average Bonchev–Trinajstić information content (AvgIpc) is 3.09. The van der Waals surface area contributed by atoms with E-state index in [1.807, 2.05) is 26.8 Å². The van der Waals surface area contributed by atoms with E-state index in [9.17, 15) is 14.4 Å². The van der Waals surface area contributed by atoms with Crippen LogP contribution in [0.3, 0.4) is 0 Å². The number of aldehydes is 1. The van der Waals surface area contributed by atoms with Crippen LogP contribution in [0.15, 0.2) is 42.5 Å². The fraction of sp³-hybridized carbons (Fsp3) is 0.559. The number of nitrogens with zero attached hydrogens (tertiary/aromatic N) is 1. The van der Waals surface area contributed by atoms with Crippen molar-refractivity contribution in [3.63, 3.8) is 0 Å². The van der Waals surface area contributed by atoms with Crippen LogP contribution in [-0.4, -0.2) is 59.6 Å². The number of hydrogen-bond acceptors (Lipinski definition) is 6. The molecule has 1 aliphatic heterocycles. The highest BCUT2D eigenvalue weighted by molar-refractivity contribution is 6.30. The molecular weight excluding hydrogens is 606 g/mol. The smallest absolute Gasteiger partial charge is 0.407 e. The lowest BCUT2D eigenvalue weighted by Gasteiger charge is -2.44. The first kappa shape index (κ1) is 35.8. The van der Waals surface area contributed by atoms with E-state index in [1.165, 1.54) is 6.07 Å². The number of benzene rings is 2. The summed E-state index contributed by atoms with van der Waals surface area (Å²) in [4.78, 5) is 41.6. The van der Waals surface area contributed by atoms with E-state index in [4.69, 9.17) is 32.7 Å². The van der Waals surface area contributed by atoms with Crippen molar-refractivity contribution >= 4 is 41.6 Å². The van der Waals surface area contributed by atoms with Crippen LogP contribution in [0.25, 0.3) is 0 Å². The monoisotopic (exact) mass is 650 g/mol. The minimum absolute atomic E-state index is 0.132. The fourth-order valence-corrected chi connectivity index (χ4v) is 6.62. The summed E-state index contributed by atoms with van der Waals surface area (Å²) in [6.07, 6.45) is 0.459. The molecule has 0 aromatic heterocycles. The van der Waals surface area contributed by atoms with Gasteiger partial charge in [-0.2, -0.15) is 0 Å². The van der Waals surface area contributed by atoms with Crippen LogP contribution in [0.4, 0.5) is 9.18 Å². The summed E-state index contributed by atoms with van der Waals surface area (Å²) in [7, 11) is 0. The number of nitrogens with one attached hydrogen (secondary N) is 1. The molecular formula is C34H45Cl2FN2O5. The lowest BCUT2D eigenvalue weighted by atomic mass is 9.61. The van der Waals surface area contributed by atoms with E-state index in [0.29, 0.717) is 17.0 Å². The molecule has 1 fully saturated rings. The first-order valence-corrected chi connectivity index (χ1v) is 15.5. The standard InChI is InChI=1S/C34H45Cl2FN2O5/c1-31(2,3)19-26-34(20-38-30(42)44-33(7,8)9,24-14-13-23(36)18-25(24)37)27(21-11-10-12-22(35)17-21)28(39(26)15-16-40)29(41)43-32(4,5)6/h10-14,16-18,26-28H,15,19-20H2,1-9H3,(H,38,42)/t26-,27-,28+,34-/m0/s1. The summed E-state index contributed by atoms with van der Waals surface area (Å²) < 4.78 is 27.9. The molecule has 0 spiro atoms. The van der Waals surface area contributed by atoms with E-state index in [-0.39, 0.29) is 29.1 Å². The summed E-state index contributed by atoms with van der Waals surface area (Å²) in [5.41, 5.74) is -2.46. The normalized spacial score (nSPS) is 22.9. The molecule has 2 aromatic rings. The molecule has 242 valence electrons. The predicted octanol–water partition coefficient (Wildman–Crippen LogP) is 7.71. The molecule has 10 heteroatoms. The van der Waals surface area contributed by atoms with Crippen molar-refractivity contribution in [2.45, 2.75) is 103 Å². The predicted molar refractivity (Wildman–Crippen MR) is 172 cm³/mol. The molecule has 0 radical (unpaired) electrons. The van der Waals surface area contributed by atoms with Crippen molar-refractivity contribution in [3.8, 4) is 0 Å². The van der Waals surface area contributed by atoms with Crippen LogP contribution >= 0.6 is 23.2 Å². The molecule has 1 aliphatic rings. The van der Waals surface area contributed by atoms with E-state index in [2.05, 4.69) is 5.32 Å². The molecule has 1 amide bonds. The highest BCUT2D eigenvalue weighted by Gasteiger charge is 2.64.